The molecule has 0 unspecified atom stereocenters. The molecule has 1 aliphatic carbocycles. The lowest BCUT2D eigenvalue weighted by atomic mass is 9.92. The molecular formula is C23H25N3OS. The highest BCUT2D eigenvalue weighted by molar-refractivity contribution is 7.80. The molecule has 1 N–H and O–H groups in total. The number of ether oxygens (including phenoxy) is 1. The summed E-state index contributed by atoms with van der Waals surface area (Å²) in [4.78, 5) is 0. The number of nitriles is 1. The van der Waals surface area contributed by atoms with Gasteiger partial charge >= 0.3 is 0 Å². The molecule has 3 aromatic rings. The molecule has 144 valence electrons. The number of nitrogens with zero attached hydrogens (tertiary/aromatic N) is 2. The van der Waals surface area contributed by atoms with Crippen molar-refractivity contribution in [2.75, 3.05) is 24.7 Å². The highest BCUT2D eigenvalue weighted by Gasteiger charge is 2.27. The molecule has 4 nitrogen and oxygen atoms in total. The van der Waals surface area contributed by atoms with E-state index in [9.17, 15) is 5.26 Å². The van der Waals surface area contributed by atoms with Crippen molar-refractivity contribution in [2.45, 2.75) is 31.7 Å². The second-order valence-corrected chi connectivity index (χ2v) is 7.70. The molecule has 0 amide bonds. The van der Waals surface area contributed by atoms with Gasteiger partial charge in [0, 0.05) is 29.7 Å². The van der Waals surface area contributed by atoms with E-state index in [1.165, 1.54) is 6.42 Å². The van der Waals surface area contributed by atoms with Gasteiger partial charge in [0.2, 0.25) is 0 Å². The molecule has 0 spiro atoms. The average Bonchev–Trinajstić information content (AvgIpc) is 3.00. The highest BCUT2D eigenvalue weighted by Crippen LogP contribution is 2.43. The predicted octanol–water partition coefficient (Wildman–Crippen LogP) is 5.65. The largest absolute Gasteiger partial charge is 0.497 e. The lowest BCUT2D eigenvalue weighted by molar-refractivity contribution is 0.324. The maximum Gasteiger partial charge on any atom is 0.120 e. The van der Waals surface area contributed by atoms with Crippen LogP contribution < -0.4 is 10.1 Å². The van der Waals surface area contributed by atoms with Gasteiger partial charge in [-0.3, -0.25) is 0 Å². The Labute approximate surface area is 171 Å². The van der Waals surface area contributed by atoms with Gasteiger partial charge < -0.3 is 14.6 Å². The van der Waals surface area contributed by atoms with Crippen LogP contribution in [0.5, 0.6) is 5.75 Å². The zero-order valence-corrected chi connectivity index (χ0v) is 17.0. The number of methoxy groups -OCH3 is 1. The fraction of sp³-hybridized carbons (Fsp3) is 0.348. The Balaban J connectivity index is 1.82. The number of hydrogen-bond acceptors (Lipinski definition) is 4. The van der Waals surface area contributed by atoms with Crippen molar-refractivity contribution < 1.29 is 4.74 Å². The maximum absolute atomic E-state index is 9.97. The van der Waals surface area contributed by atoms with E-state index in [1.807, 2.05) is 12.1 Å². The number of hydrogen-bond donors (Lipinski definition) is 2. The molecule has 1 saturated carbocycles. The minimum atomic E-state index is 0.444. The average molecular weight is 392 g/mol. The van der Waals surface area contributed by atoms with Crippen LogP contribution in [0.25, 0.3) is 22.2 Å². The number of anilines is 1. The summed E-state index contributed by atoms with van der Waals surface area (Å²) in [5, 5.41) is 14.4. The monoisotopic (exact) mass is 391 g/mol. The summed E-state index contributed by atoms with van der Waals surface area (Å²) in [5.41, 5.74) is 5.04. The van der Waals surface area contributed by atoms with Crippen LogP contribution in [0.4, 0.5) is 5.69 Å². The van der Waals surface area contributed by atoms with E-state index in [2.05, 4.69) is 58.9 Å². The zero-order valence-electron chi connectivity index (χ0n) is 16.1. The maximum atomic E-state index is 9.97. The SMILES string of the molecule is COc1ccc2c(C#N)c(-c3ccc(NCCCS)cc3)n(C3CCC3)c2c1. The van der Waals surface area contributed by atoms with Crippen molar-refractivity contribution in [1.29, 1.82) is 5.26 Å². The van der Waals surface area contributed by atoms with Gasteiger partial charge in [-0.05, 0) is 61.3 Å². The van der Waals surface area contributed by atoms with Crippen LogP contribution in [0, 0.1) is 11.3 Å². The van der Waals surface area contributed by atoms with Gasteiger partial charge in [0.25, 0.3) is 0 Å². The third-order valence-electron chi connectivity index (χ3n) is 5.59. The number of fused-ring (bicyclic) bond motifs is 1. The first-order valence-electron chi connectivity index (χ1n) is 9.84. The quantitative estimate of drug-likeness (QED) is 0.404. The van der Waals surface area contributed by atoms with E-state index in [0.717, 1.165) is 70.7 Å². The molecule has 4 rings (SSSR count). The van der Waals surface area contributed by atoms with Crippen LogP contribution in [0.1, 0.15) is 37.3 Å². The minimum absolute atomic E-state index is 0.444. The Morgan fingerprint density at radius 3 is 2.61 bits per heavy atom. The Kier molecular flexibility index (Phi) is 5.50. The number of benzene rings is 2. The second-order valence-electron chi connectivity index (χ2n) is 7.25. The van der Waals surface area contributed by atoms with Crippen molar-refractivity contribution in [3.8, 4) is 23.1 Å². The second kappa shape index (κ2) is 8.20. The zero-order chi connectivity index (χ0) is 19.5. The first-order valence-corrected chi connectivity index (χ1v) is 10.5. The van der Waals surface area contributed by atoms with Crippen LogP contribution in [0.2, 0.25) is 0 Å². The van der Waals surface area contributed by atoms with E-state index in [0.29, 0.717) is 6.04 Å². The van der Waals surface area contributed by atoms with E-state index in [-0.39, 0.29) is 0 Å². The van der Waals surface area contributed by atoms with Gasteiger partial charge in [-0.15, -0.1) is 0 Å². The molecule has 0 atom stereocenters. The summed E-state index contributed by atoms with van der Waals surface area (Å²) in [5.74, 6) is 1.70. The van der Waals surface area contributed by atoms with Crippen LogP contribution >= 0.6 is 12.6 Å². The molecule has 1 fully saturated rings. The van der Waals surface area contributed by atoms with Crippen LogP contribution in [-0.4, -0.2) is 24.0 Å². The smallest absolute Gasteiger partial charge is 0.120 e. The van der Waals surface area contributed by atoms with E-state index in [1.54, 1.807) is 7.11 Å². The molecule has 1 aliphatic rings. The van der Waals surface area contributed by atoms with Crippen molar-refractivity contribution in [1.82, 2.24) is 4.57 Å². The Morgan fingerprint density at radius 2 is 2.00 bits per heavy atom. The van der Waals surface area contributed by atoms with Gasteiger partial charge in [0.1, 0.15) is 11.8 Å². The van der Waals surface area contributed by atoms with Gasteiger partial charge in [-0.2, -0.15) is 17.9 Å². The standard InChI is InChI=1S/C23H25N3OS/c1-27-19-10-11-20-21(15-24)23(26(22(20)14-19)18-4-2-5-18)16-6-8-17(9-7-16)25-12-3-13-28/h6-11,14,18,25,28H,2-5,12-13H2,1H3. The van der Waals surface area contributed by atoms with Crippen LogP contribution in [-0.2, 0) is 0 Å². The molecule has 1 aromatic heterocycles. The van der Waals surface area contributed by atoms with Crippen molar-refractivity contribution in [3.05, 3.63) is 48.0 Å². The van der Waals surface area contributed by atoms with Gasteiger partial charge in [0.15, 0.2) is 0 Å². The molecule has 1 heterocycles. The molecule has 0 bridgehead atoms. The van der Waals surface area contributed by atoms with Crippen molar-refractivity contribution >= 4 is 29.2 Å². The highest BCUT2D eigenvalue weighted by atomic mass is 32.1. The normalized spacial score (nSPS) is 13.9. The fourth-order valence-electron chi connectivity index (χ4n) is 3.90. The lowest BCUT2D eigenvalue weighted by Crippen LogP contribution is -2.17. The summed E-state index contributed by atoms with van der Waals surface area (Å²) < 4.78 is 7.81. The molecular weight excluding hydrogens is 366 g/mol. The number of aromatic nitrogens is 1. The first kappa shape index (κ1) is 18.8. The van der Waals surface area contributed by atoms with Gasteiger partial charge in [0.05, 0.1) is 23.9 Å². The third-order valence-corrected chi connectivity index (χ3v) is 5.90. The number of rotatable bonds is 7. The third kappa shape index (κ3) is 3.33. The summed E-state index contributed by atoms with van der Waals surface area (Å²) in [6.07, 6.45) is 4.58. The van der Waals surface area contributed by atoms with Gasteiger partial charge in [-0.1, -0.05) is 12.1 Å². The predicted molar refractivity (Wildman–Crippen MR) is 118 cm³/mol. The summed E-state index contributed by atoms with van der Waals surface area (Å²) >= 11 is 4.25. The molecule has 0 aliphatic heterocycles. The van der Waals surface area contributed by atoms with E-state index in [4.69, 9.17) is 4.74 Å². The van der Waals surface area contributed by atoms with Crippen LogP contribution in [0.3, 0.4) is 0 Å². The number of thiol groups is 1. The molecule has 0 saturated heterocycles. The minimum Gasteiger partial charge on any atom is -0.497 e. The van der Waals surface area contributed by atoms with E-state index < -0.39 is 0 Å². The van der Waals surface area contributed by atoms with Gasteiger partial charge in [-0.25, -0.2) is 0 Å². The summed E-state index contributed by atoms with van der Waals surface area (Å²) in [6.45, 7) is 0.911. The lowest BCUT2D eigenvalue weighted by Gasteiger charge is -2.30. The topological polar surface area (TPSA) is 50.0 Å². The number of nitrogens with one attached hydrogen (secondary N) is 1. The molecule has 0 radical (unpaired) electrons. The summed E-state index contributed by atoms with van der Waals surface area (Å²) in [7, 11) is 1.68. The van der Waals surface area contributed by atoms with Crippen LogP contribution in [0.15, 0.2) is 42.5 Å². The first-order chi connectivity index (χ1) is 13.8. The molecule has 2 aromatic carbocycles. The summed E-state index contributed by atoms with van der Waals surface area (Å²) in [6, 6.07) is 17.3. The Morgan fingerprint density at radius 1 is 1.21 bits per heavy atom. The van der Waals surface area contributed by atoms with Crippen molar-refractivity contribution in [3.63, 3.8) is 0 Å². The Bertz CT molecular complexity index is 1010. The molecule has 5 heteroatoms. The molecule has 28 heavy (non-hydrogen) atoms. The Hall–Kier alpha value is -2.58. The van der Waals surface area contributed by atoms with E-state index >= 15 is 0 Å². The van der Waals surface area contributed by atoms with Crippen molar-refractivity contribution in [2.24, 2.45) is 0 Å². The fourth-order valence-corrected chi connectivity index (χ4v) is 4.05.